The van der Waals surface area contributed by atoms with Crippen LogP contribution >= 0.6 is 0 Å². The second-order valence-electron chi connectivity index (χ2n) is 4.59. The van der Waals surface area contributed by atoms with E-state index in [-0.39, 0.29) is 11.8 Å². The summed E-state index contributed by atoms with van der Waals surface area (Å²) < 4.78 is 5.22. The molecule has 90 valence electrons. The highest BCUT2D eigenvalue weighted by molar-refractivity contribution is 5.89. The predicted octanol–water partition coefficient (Wildman–Crippen LogP) is 0.250. The highest BCUT2D eigenvalue weighted by Gasteiger charge is 2.48. The van der Waals surface area contributed by atoms with Crippen LogP contribution in [0.25, 0.3) is 0 Å². The zero-order chi connectivity index (χ0) is 11.5. The van der Waals surface area contributed by atoms with E-state index in [9.17, 15) is 9.59 Å². The summed E-state index contributed by atoms with van der Waals surface area (Å²) in [5.74, 6) is -1.21. The molecule has 1 heterocycles. The average Bonchev–Trinajstić information content (AvgIpc) is 3.07. The first-order valence-corrected chi connectivity index (χ1v) is 5.76. The van der Waals surface area contributed by atoms with E-state index in [1.165, 1.54) is 0 Å². The van der Waals surface area contributed by atoms with Crippen molar-refractivity contribution in [3.05, 3.63) is 0 Å². The van der Waals surface area contributed by atoms with Gasteiger partial charge >= 0.3 is 5.97 Å². The van der Waals surface area contributed by atoms with Crippen molar-refractivity contribution in [1.29, 1.82) is 0 Å². The first kappa shape index (κ1) is 11.4. The molecule has 5 nitrogen and oxygen atoms in total. The van der Waals surface area contributed by atoms with Crippen LogP contribution in [0.2, 0.25) is 0 Å². The topological polar surface area (TPSA) is 75.6 Å². The molecule has 2 rings (SSSR count). The van der Waals surface area contributed by atoms with E-state index in [2.05, 4.69) is 5.32 Å². The Labute approximate surface area is 94.2 Å². The van der Waals surface area contributed by atoms with Crippen LogP contribution in [0.3, 0.4) is 0 Å². The van der Waals surface area contributed by atoms with Gasteiger partial charge in [-0.25, -0.2) is 0 Å². The molecule has 16 heavy (non-hydrogen) atoms. The minimum Gasteiger partial charge on any atom is -0.481 e. The van der Waals surface area contributed by atoms with E-state index < -0.39 is 11.9 Å². The lowest BCUT2D eigenvalue weighted by atomic mass is 10.0. The first-order valence-electron chi connectivity index (χ1n) is 5.76. The number of carbonyl (C=O) groups is 2. The normalized spacial score (nSPS) is 29.8. The van der Waals surface area contributed by atoms with Crippen LogP contribution in [0.1, 0.15) is 19.3 Å². The van der Waals surface area contributed by atoms with Crippen LogP contribution in [0.5, 0.6) is 0 Å². The van der Waals surface area contributed by atoms with Crippen molar-refractivity contribution in [1.82, 2.24) is 5.32 Å². The Morgan fingerprint density at radius 1 is 1.25 bits per heavy atom. The number of rotatable bonds is 4. The zero-order valence-electron chi connectivity index (χ0n) is 9.15. The van der Waals surface area contributed by atoms with Crippen molar-refractivity contribution in [2.75, 3.05) is 19.8 Å². The van der Waals surface area contributed by atoms with Gasteiger partial charge in [-0.3, -0.25) is 9.59 Å². The fraction of sp³-hybridized carbons (Fsp3) is 0.818. The summed E-state index contributed by atoms with van der Waals surface area (Å²) in [4.78, 5) is 22.1. The maximum Gasteiger partial charge on any atom is 0.307 e. The molecule has 1 amide bonds. The number of ether oxygens (including phenoxy) is 1. The molecule has 2 atom stereocenters. The number of nitrogens with one attached hydrogen (secondary N) is 1. The second-order valence-corrected chi connectivity index (χ2v) is 4.59. The quantitative estimate of drug-likeness (QED) is 0.722. The number of carboxylic acids is 1. The number of hydrogen-bond donors (Lipinski definition) is 2. The van der Waals surface area contributed by atoms with Crippen LogP contribution in [0, 0.1) is 17.8 Å². The molecular formula is C11H17NO4. The van der Waals surface area contributed by atoms with E-state index in [4.69, 9.17) is 9.84 Å². The SMILES string of the molecule is O=C(O)[C@H]1C[C@H]1C(=O)NCC1CCOCC1. The average molecular weight is 227 g/mol. The van der Waals surface area contributed by atoms with Crippen molar-refractivity contribution < 1.29 is 19.4 Å². The van der Waals surface area contributed by atoms with Gasteiger partial charge in [-0.05, 0) is 25.2 Å². The molecule has 5 heteroatoms. The Kier molecular flexibility index (Phi) is 3.43. The number of amides is 1. The molecule has 2 fully saturated rings. The zero-order valence-corrected chi connectivity index (χ0v) is 9.15. The molecule has 0 bridgehead atoms. The van der Waals surface area contributed by atoms with Crippen molar-refractivity contribution in [3.63, 3.8) is 0 Å². The summed E-state index contributed by atoms with van der Waals surface area (Å²) in [5.41, 5.74) is 0. The third-order valence-electron chi connectivity index (χ3n) is 3.35. The largest absolute Gasteiger partial charge is 0.481 e. The van der Waals surface area contributed by atoms with Crippen molar-refractivity contribution in [2.45, 2.75) is 19.3 Å². The molecule has 0 aromatic heterocycles. The lowest BCUT2D eigenvalue weighted by Gasteiger charge is -2.22. The summed E-state index contributed by atoms with van der Waals surface area (Å²) in [6, 6.07) is 0. The highest BCUT2D eigenvalue weighted by atomic mass is 16.5. The van der Waals surface area contributed by atoms with Crippen LogP contribution in [-0.2, 0) is 14.3 Å². The summed E-state index contributed by atoms with van der Waals surface area (Å²) in [6.07, 6.45) is 2.45. The maximum atomic E-state index is 11.6. The van der Waals surface area contributed by atoms with E-state index in [1.54, 1.807) is 0 Å². The first-order chi connectivity index (χ1) is 7.68. The Morgan fingerprint density at radius 2 is 1.94 bits per heavy atom. The number of carboxylic acid groups (broad SMARTS) is 1. The fourth-order valence-electron chi connectivity index (χ4n) is 2.08. The van der Waals surface area contributed by atoms with Crippen LogP contribution in [0.15, 0.2) is 0 Å². The maximum absolute atomic E-state index is 11.6. The Bertz CT molecular complexity index is 286. The van der Waals surface area contributed by atoms with Gasteiger partial charge in [-0.15, -0.1) is 0 Å². The number of carbonyl (C=O) groups excluding carboxylic acids is 1. The van der Waals surface area contributed by atoms with Gasteiger partial charge in [-0.2, -0.15) is 0 Å². The van der Waals surface area contributed by atoms with Gasteiger partial charge in [0.15, 0.2) is 0 Å². The number of aliphatic carboxylic acids is 1. The molecule has 0 aromatic carbocycles. The third-order valence-corrected chi connectivity index (χ3v) is 3.35. The van der Waals surface area contributed by atoms with E-state index in [1.807, 2.05) is 0 Å². The molecular weight excluding hydrogens is 210 g/mol. The van der Waals surface area contributed by atoms with Crippen molar-refractivity contribution in [2.24, 2.45) is 17.8 Å². The molecule has 1 saturated carbocycles. The van der Waals surface area contributed by atoms with Crippen LogP contribution in [-0.4, -0.2) is 36.7 Å². The summed E-state index contributed by atoms with van der Waals surface area (Å²) >= 11 is 0. The van der Waals surface area contributed by atoms with E-state index >= 15 is 0 Å². The molecule has 0 aromatic rings. The smallest absolute Gasteiger partial charge is 0.307 e. The van der Waals surface area contributed by atoms with Gasteiger partial charge < -0.3 is 15.2 Å². The molecule has 0 spiro atoms. The van der Waals surface area contributed by atoms with Gasteiger partial charge in [-0.1, -0.05) is 0 Å². The molecule has 1 aliphatic heterocycles. The van der Waals surface area contributed by atoms with E-state index in [0.29, 0.717) is 18.9 Å². The van der Waals surface area contributed by atoms with Gasteiger partial charge in [0, 0.05) is 19.8 Å². The fourth-order valence-corrected chi connectivity index (χ4v) is 2.08. The molecule has 2 aliphatic rings. The second kappa shape index (κ2) is 4.82. The van der Waals surface area contributed by atoms with Gasteiger partial charge in [0.1, 0.15) is 0 Å². The number of hydrogen-bond acceptors (Lipinski definition) is 3. The summed E-state index contributed by atoms with van der Waals surface area (Å²) in [6.45, 7) is 2.19. The standard InChI is InChI=1S/C11H17NO4/c13-10(8-5-9(8)11(14)15)12-6-7-1-3-16-4-2-7/h7-9H,1-6H2,(H,12,13)(H,14,15)/t8-,9+/m1/s1. The molecule has 0 unspecified atom stereocenters. The van der Waals surface area contributed by atoms with Gasteiger partial charge in [0.25, 0.3) is 0 Å². The monoisotopic (exact) mass is 227 g/mol. The molecule has 1 saturated heterocycles. The lowest BCUT2D eigenvalue weighted by Crippen LogP contribution is -2.33. The Morgan fingerprint density at radius 3 is 2.50 bits per heavy atom. The highest BCUT2D eigenvalue weighted by Crippen LogP contribution is 2.38. The predicted molar refractivity (Wildman–Crippen MR) is 55.8 cm³/mol. The van der Waals surface area contributed by atoms with Crippen molar-refractivity contribution >= 4 is 11.9 Å². The van der Waals surface area contributed by atoms with E-state index in [0.717, 1.165) is 26.1 Å². The molecule has 2 N–H and O–H groups in total. The van der Waals surface area contributed by atoms with Crippen LogP contribution < -0.4 is 5.32 Å². The summed E-state index contributed by atoms with van der Waals surface area (Å²) in [5, 5.41) is 11.5. The Balaban J connectivity index is 1.66. The third kappa shape index (κ3) is 2.72. The molecule has 0 radical (unpaired) electrons. The molecule has 1 aliphatic carbocycles. The summed E-state index contributed by atoms with van der Waals surface area (Å²) in [7, 11) is 0. The minimum absolute atomic E-state index is 0.0982. The minimum atomic E-state index is -0.855. The van der Waals surface area contributed by atoms with Crippen LogP contribution in [0.4, 0.5) is 0 Å². The lowest BCUT2D eigenvalue weighted by molar-refractivity contribution is -0.140. The van der Waals surface area contributed by atoms with Gasteiger partial charge in [0.05, 0.1) is 11.8 Å². The van der Waals surface area contributed by atoms with Gasteiger partial charge in [0.2, 0.25) is 5.91 Å². The Hall–Kier alpha value is -1.10. The van der Waals surface area contributed by atoms with Crippen molar-refractivity contribution in [3.8, 4) is 0 Å².